The molecule has 0 saturated carbocycles. The zero-order chi connectivity index (χ0) is 66.3. The molecule has 1 amide bonds. The monoisotopic (exact) mass is 1290 g/mol. The summed E-state index contributed by atoms with van der Waals surface area (Å²) in [6, 6.07) is -0.623. The van der Waals surface area contributed by atoms with Crippen molar-refractivity contribution in [2.45, 2.75) is 501 Å². The number of allylic oxidation sites excluding steroid dienone is 3. The molecule has 546 valence electrons. The van der Waals surface area contributed by atoms with Crippen molar-refractivity contribution in [3.05, 3.63) is 24.3 Å². The summed E-state index contributed by atoms with van der Waals surface area (Å²) < 4.78 is 5.52. The number of ether oxygens (including phenoxy) is 1. The van der Waals surface area contributed by atoms with Gasteiger partial charge in [0.15, 0.2) is 0 Å². The number of rotatable bonds is 81. The third kappa shape index (κ3) is 77.3. The summed E-state index contributed by atoms with van der Waals surface area (Å²) in [5.74, 6) is -0.0353. The highest BCUT2D eigenvalue weighted by atomic mass is 16.5. The van der Waals surface area contributed by atoms with Gasteiger partial charge in [-0.2, -0.15) is 0 Å². The number of hydrogen-bond acceptors (Lipinski definition) is 5. The minimum Gasteiger partial charge on any atom is -0.466 e. The Kier molecular flexibility index (Phi) is 80.3. The van der Waals surface area contributed by atoms with E-state index in [1.165, 1.54) is 424 Å². The highest BCUT2D eigenvalue weighted by Crippen LogP contribution is 2.21. The van der Waals surface area contributed by atoms with E-state index >= 15 is 0 Å². The zero-order valence-corrected chi connectivity index (χ0v) is 62.8. The maximum absolute atomic E-state index is 12.5. The minimum atomic E-state index is -0.840. The van der Waals surface area contributed by atoms with Gasteiger partial charge in [-0.1, -0.05) is 443 Å². The first-order valence-electron chi connectivity index (χ1n) is 42.6. The van der Waals surface area contributed by atoms with Crippen molar-refractivity contribution in [2.24, 2.45) is 0 Å². The Morgan fingerprint density at radius 3 is 0.772 bits per heavy atom. The Morgan fingerprint density at radius 2 is 0.511 bits per heavy atom. The van der Waals surface area contributed by atoms with Gasteiger partial charge in [0.05, 0.1) is 25.4 Å². The van der Waals surface area contributed by atoms with Crippen LogP contribution in [0.25, 0.3) is 0 Å². The normalized spacial score (nSPS) is 12.5. The SMILES string of the molecule is CCCCCCCCC/C=C\CCCCCCCCCC(=O)OCCCCCCCCCCCCCCCCCCCCCCCCCCCCCCCCCCCCCCCCCC(=O)NC(CO)C(O)/C=C/CCCCCCCCCCCCCCCCCC. The summed E-state index contributed by atoms with van der Waals surface area (Å²) in [5, 5.41) is 23.3. The van der Waals surface area contributed by atoms with Crippen molar-refractivity contribution < 1.29 is 24.5 Å². The Balaban J connectivity index is 3.30. The van der Waals surface area contributed by atoms with Gasteiger partial charge in [0.1, 0.15) is 0 Å². The lowest BCUT2D eigenvalue weighted by Gasteiger charge is -2.20. The molecule has 0 aliphatic rings. The topological polar surface area (TPSA) is 95.9 Å². The van der Waals surface area contributed by atoms with Crippen LogP contribution in [0, 0.1) is 0 Å². The molecule has 0 aromatic rings. The molecule has 92 heavy (non-hydrogen) atoms. The molecule has 0 radical (unpaired) electrons. The molecule has 0 heterocycles. The van der Waals surface area contributed by atoms with Crippen LogP contribution >= 0.6 is 0 Å². The molecule has 0 aromatic heterocycles. The molecule has 0 bridgehead atoms. The Bertz CT molecular complexity index is 1450. The number of carbonyl (C=O) groups is 2. The molecule has 0 fully saturated rings. The Hall–Kier alpha value is -1.66. The lowest BCUT2D eigenvalue weighted by Crippen LogP contribution is -2.45. The summed E-state index contributed by atoms with van der Waals surface area (Å²) >= 11 is 0. The maximum atomic E-state index is 12.5. The number of amides is 1. The first-order valence-corrected chi connectivity index (χ1v) is 42.6. The van der Waals surface area contributed by atoms with Crippen LogP contribution in [-0.2, 0) is 14.3 Å². The molecular formula is C86H167NO5. The second kappa shape index (κ2) is 81.8. The van der Waals surface area contributed by atoms with Crippen molar-refractivity contribution in [3.63, 3.8) is 0 Å². The third-order valence-corrected chi connectivity index (χ3v) is 20.2. The highest BCUT2D eigenvalue weighted by molar-refractivity contribution is 5.76. The minimum absolute atomic E-state index is 0.0221. The van der Waals surface area contributed by atoms with E-state index in [1.54, 1.807) is 6.08 Å². The summed E-state index contributed by atoms with van der Waals surface area (Å²) in [5.41, 5.74) is 0. The largest absolute Gasteiger partial charge is 0.466 e. The van der Waals surface area contributed by atoms with Crippen LogP contribution in [0.3, 0.4) is 0 Å². The van der Waals surface area contributed by atoms with Crippen LogP contribution in [-0.4, -0.2) is 47.4 Å². The van der Waals surface area contributed by atoms with Crippen LogP contribution in [0.1, 0.15) is 489 Å². The van der Waals surface area contributed by atoms with E-state index < -0.39 is 12.1 Å². The van der Waals surface area contributed by atoms with E-state index in [2.05, 4.69) is 31.3 Å². The fourth-order valence-corrected chi connectivity index (χ4v) is 13.8. The van der Waals surface area contributed by atoms with Gasteiger partial charge < -0.3 is 20.3 Å². The van der Waals surface area contributed by atoms with E-state index in [9.17, 15) is 19.8 Å². The Morgan fingerprint density at radius 1 is 0.293 bits per heavy atom. The number of carbonyl (C=O) groups excluding carboxylic acids is 2. The Labute approximate surface area is 577 Å². The average Bonchev–Trinajstić information content (AvgIpc) is 3.61. The summed E-state index contributed by atoms with van der Waals surface area (Å²) in [7, 11) is 0. The zero-order valence-electron chi connectivity index (χ0n) is 62.8. The molecule has 0 spiro atoms. The van der Waals surface area contributed by atoms with Gasteiger partial charge in [-0.15, -0.1) is 0 Å². The summed E-state index contributed by atoms with van der Waals surface area (Å²) in [6.45, 7) is 4.96. The van der Waals surface area contributed by atoms with Crippen molar-refractivity contribution in [1.82, 2.24) is 5.32 Å². The number of aliphatic hydroxyl groups is 2. The maximum Gasteiger partial charge on any atom is 0.305 e. The fraction of sp³-hybridized carbons (Fsp3) is 0.930. The average molecular weight is 1300 g/mol. The smallest absolute Gasteiger partial charge is 0.305 e. The molecular weight excluding hydrogens is 1130 g/mol. The third-order valence-electron chi connectivity index (χ3n) is 20.2. The number of aliphatic hydroxyl groups excluding tert-OH is 2. The van der Waals surface area contributed by atoms with E-state index in [0.29, 0.717) is 19.4 Å². The molecule has 0 aromatic carbocycles. The van der Waals surface area contributed by atoms with Gasteiger partial charge in [0.2, 0.25) is 5.91 Å². The van der Waals surface area contributed by atoms with Crippen molar-refractivity contribution >= 4 is 11.9 Å². The molecule has 2 unspecified atom stereocenters. The number of hydrogen-bond donors (Lipinski definition) is 3. The molecule has 6 heteroatoms. The van der Waals surface area contributed by atoms with Crippen LogP contribution in [0.15, 0.2) is 24.3 Å². The molecule has 2 atom stereocenters. The van der Waals surface area contributed by atoms with E-state index in [-0.39, 0.29) is 18.5 Å². The number of nitrogens with one attached hydrogen (secondary N) is 1. The first kappa shape index (κ1) is 90.3. The summed E-state index contributed by atoms with van der Waals surface area (Å²) in [6.07, 6.45) is 106. The van der Waals surface area contributed by atoms with Gasteiger partial charge in [0.25, 0.3) is 0 Å². The van der Waals surface area contributed by atoms with Crippen molar-refractivity contribution in [1.29, 1.82) is 0 Å². The first-order chi connectivity index (χ1) is 45.5. The lowest BCUT2D eigenvalue weighted by molar-refractivity contribution is -0.143. The molecule has 0 aliphatic carbocycles. The van der Waals surface area contributed by atoms with Gasteiger partial charge in [-0.3, -0.25) is 9.59 Å². The quantitative estimate of drug-likeness (QED) is 0.0320. The lowest BCUT2D eigenvalue weighted by atomic mass is 10.0. The van der Waals surface area contributed by atoms with E-state index in [0.717, 1.165) is 38.5 Å². The molecule has 0 aliphatic heterocycles. The van der Waals surface area contributed by atoms with Gasteiger partial charge in [-0.25, -0.2) is 0 Å². The number of unbranched alkanes of at least 4 members (excludes halogenated alkanes) is 68. The predicted octanol–water partition coefficient (Wildman–Crippen LogP) is 28.4. The van der Waals surface area contributed by atoms with Gasteiger partial charge in [0, 0.05) is 12.8 Å². The van der Waals surface area contributed by atoms with Crippen LogP contribution in [0.5, 0.6) is 0 Å². The van der Waals surface area contributed by atoms with E-state index in [4.69, 9.17) is 4.74 Å². The van der Waals surface area contributed by atoms with Crippen molar-refractivity contribution in [3.8, 4) is 0 Å². The van der Waals surface area contributed by atoms with Crippen LogP contribution < -0.4 is 5.32 Å². The van der Waals surface area contributed by atoms with Crippen molar-refractivity contribution in [2.75, 3.05) is 13.2 Å². The predicted molar refractivity (Wildman–Crippen MR) is 407 cm³/mol. The number of esters is 1. The molecule has 0 saturated heterocycles. The van der Waals surface area contributed by atoms with Gasteiger partial charge in [-0.05, 0) is 57.8 Å². The molecule has 6 nitrogen and oxygen atoms in total. The van der Waals surface area contributed by atoms with E-state index in [1.807, 2.05) is 6.08 Å². The van der Waals surface area contributed by atoms with Gasteiger partial charge >= 0.3 is 5.97 Å². The molecule has 3 N–H and O–H groups in total. The fourth-order valence-electron chi connectivity index (χ4n) is 13.8. The molecule has 0 rings (SSSR count). The highest BCUT2D eigenvalue weighted by Gasteiger charge is 2.18. The van der Waals surface area contributed by atoms with Crippen LogP contribution in [0.2, 0.25) is 0 Å². The van der Waals surface area contributed by atoms with Crippen LogP contribution in [0.4, 0.5) is 0 Å². The summed E-state index contributed by atoms with van der Waals surface area (Å²) in [4.78, 5) is 24.7. The standard InChI is InChI=1S/C86H167NO5/c1-3-5-7-9-11-13-15-17-19-21-46-50-54-58-62-66-70-74-78-84(89)83(82-88)87-85(90)79-75-71-67-63-59-55-51-47-44-42-40-38-36-34-32-30-28-26-24-23-25-27-29-31-33-35-37-39-41-43-45-49-53-57-61-65-69-73-77-81-92-86(91)80-76-72-68-64-60-56-52-48-22-20-18-16-14-12-10-8-6-4-2/h20,22,74,78,83-84,88-89H,3-19,21,23-73,75-77,79-82H2,1-2H3,(H,87,90)/b22-20-,78-74+. The second-order valence-corrected chi connectivity index (χ2v) is 29.5. The second-order valence-electron chi connectivity index (χ2n) is 29.5.